The molecule has 0 aromatic carbocycles. The predicted octanol–water partition coefficient (Wildman–Crippen LogP) is 3.62. The van der Waals surface area contributed by atoms with Crippen molar-refractivity contribution < 1.29 is 4.74 Å². The summed E-state index contributed by atoms with van der Waals surface area (Å²) in [6, 6.07) is 0.284. The average molecular weight is 297 g/mol. The van der Waals surface area contributed by atoms with Crippen molar-refractivity contribution in [2.75, 3.05) is 18.5 Å². The van der Waals surface area contributed by atoms with Gasteiger partial charge in [0.25, 0.3) is 0 Å². The van der Waals surface area contributed by atoms with Crippen LogP contribution in [0.5, 0.6) is 6.01 Å². The maximum absolute atomic E-state index is 5.86. The van der Waals surface area contributed by atoms with Gasteiger partial charge in [-0.3, -0.25) is 0 Å². The van der Waals surface area contributed by atoms with Crippen molar-refractivity contribution >= 4 is 17.5 Å². The van der Waals surface area contributed by atoms with E-state index in [0.29, 0.717) is 12.6 Å². The van der Waals surface area contributed by atoms with E-state index in [9.17, 15) is 0 Å². The van der Waals surface area contributed by atoms with Crippen LogP contribution in [0.3, 0.4) is 0 Å². The largest absolute Gasteiger partial charge is 0.463 e. The number of nitrogens with one attached hydrogen (secondary N) is 1. The van der Waals surface area contributed by atoms with Gasteiger partial charge in [0.2, 0.25) is 11.2 Å². The fraction of sp³-hybridized carbons (Fsp3) is 0.643. The third kappa shape index (κ3) is 4.96. The van der Waals surface area contributed by atoms with Gasteiger partial charge in [-0.15, -0.1) is 0 Å². The molecule has 0 fully saturated rings. The van der Waals surface area contributed by atoms with Gasteiger partial charge in [-0.25, -0.2) is 0 Å². The minimum absolute atomic E-state index is 0.158. The molecule has 1 aromatic rings. The molecule has 0 aliphatic heterocycles. The summed E-state index contributed by atoms with van der Waals surface area (Å²) in [4.78, 5) is 12.2. The first-order valence-corrected chi connectivity index (χ1v) is 7.62. The third-order valence-corrected chi connectivity index (χ3v) is 3.31. The molecule has 6 heteroatoms. The van der Waals surface area contributed by atoms with E-state index in [0.717, 1.165) is 19.4 Å². The Balaban J connectivity index is 1.85. The topological polar surface area (TPSA) is 59.9 Å². The zero-order chi connectivity index (χ0) is 14.2. The Bertz CT molecular complexity index is 464. The van der Waals surface area contributed by atoms with Crippen molar-refractivity contribution in [1.82, 2.24) is 15.0 Å². The number of rotatable bonds is 7. The molecule has 0 bridgehead atoms. The van der Waals surface area contributed by atoms with E-state index < -0.39 is 0 Å². The van der Waals surface area contributed by atoms with E-state index in [1.54, 1.807) is 0 Å². The molecule has 1 aromatic heterocycles. The highest BCUT2D eigenvalue weighted by Crippen LogP contribution is 2.20. The van der Waals surface area contributed by atoms with Crippen LogP contribution in [0.2, 0.25) is 5.28 Å². The molecule has 0 unspecified atom stereocenters. The van der Waals surface area contributed by atoms with E-state index in [4.69, 9.17) is 16.3 Å². The maximum Gasteiger partial charge on any atom is 0.322 e. The van der Waals surface area contributed by atoms with Crippen LogP contribution in [0.4, 0.5) is 5.95 Å². The van der Waals surface area contributed by atoms with Gasteiger partial charge in [0.15, 0.2) is 0 Å². The Kier molecular flexibility index (Phi) is 6.05. The molecule has 0 saturated carbocycles. The molecule has 1 aliphatic carbocycles. The Morgan fingerprint density at radius 1 is 1.30 bits per heavy atom. The molecule has 0 amide bonds. The van der Waals surface area contributed by atoms with Gasteiger partial charge in [0.1, 0.15) is 0 Å². The Labute approximate surface area is 124 Å². The highest BCUT2D eigenvalue weighted by atomic mass is 35.5. The second-order valence-electron chi connectivity index (χ2n) is 4.84. The van der Waals surface area contributed by atoms with E-state index in [1.165, 1.54) is 31.3 Å². The number of aromatic nitrogens is 3. The van der Waals surface area contributed by atoms with Crippen LogP contribution in [-0.4, -0.2) is 28.1 Å². The summed E-state index contributed by atoms with van der Waals surface area (Å²) in [5.41, 5.74) is 1.52. The van der Waals surface area contributed by atoms with Gasteiger partial charge in [-0.2, -0.15) is 15.0 Å². The van der Waals surface area contributed by atoms with Crippen LogP contribution in [0.25, 0.3) is 0 Å². The first kappa shape index (κ1) is 15.0. The molecule has 0 saturated heterocycles. The monoisotopic (exact) mass is 296 g/mol. The predicted molar refractivity (Wildman–Crippen MR) is 80.3 cm³/mol. The number of ether oxygens (including phenoxy) is 1. The molecule has 0 spiro atoms. The Hall–Kier alpha value is -1.36. The van der Waals surface area contributed by atoms with Crippen LogP contribution >= 0.6 is 11.6 Å². The van der Waals surface area contributed by atoms with Crippen molar-refractivity contribution in [3.63, 3.8) is 0 Å². The fourth-order valence-corrected chi connectivity index (χ4v) is 2.29. The second-order valence-corrected chi connectivity index (χ2v) is 5.18. The molecule has 110 valence electrons. The summed E-state index contributed by atoms with van der Waals surface area (Å²) >= 11 is 5.86. The number of halogens is 1. The van der Waals surface area contributed by atoms with Crippen LogP contribution in [0.1, 0.15) is 45.4 Å². The van der Waals surface area contributed by atoms with Gasteiger partial charge in [0, 0.05) is 6.54 Å². The van der Waals surface area contributed by atoms with Crippen molar-refractivity contribution in [1.29, 1.82) is 0 Å². The number of allylic oxidation sites excluding steroid dienone is 1. The maximum atomic E-state index is 5.86. The summed E-state index contributed by atoms with van der Waals surface area (Å²) in [5.74, 6) is 0.479. The van der Waals surface area contributed by atoms with Gasteiger partial charge in [-0.1, -0.05) is 18.6 Å². The number of nitrogens with zero attached hydrogens (tertiary/aromatic N) is 3. The standard InChI is InChI=1S/C14H21ClN4O/c1-2-10-20-14-18-12(15)17-13(19-14)16-9-8-11-6-4-3-5-7-11/h6H,2-5,7-10H2,1H3,(H,16,17,18,19). The highest BCUT2D eigenvalue weighted by Gasteiger charge is 2.07. The van der Waals surface area contributed by atoms with Gasteiger partial charge in [-0.05, 0) is 50.1 Å². The molecule has 0 atom stereocenters. The quantitative estimate of drug-likeness (QED) is 0.779. The molecule has 1 aliphatic rings. The van der Waals surface area contributed by atoms with Crippen LogP contribution in [-0.2, 0) is 0 Å². The molecule has 1 heterocycles. The van der Waals surface area contributed by atoms with Gasteiger partial charge in [0.05, 0.1) is 6.61 Å². The Morgan fingerprint density at radius 2 is 2.20 bits per heavy atom. The van der Waals surface area contributed by atoms with Crippen LogP contribution < -0.4 is 10.1 Å². The summed E-state index contributed by atoms with van der Waals surface area (Å²) in [5, 5.41) is 3.34. The molecule has 2 rings (SSSR count). The highest BCUT2D eigenvalue weighted by molar-refractivity contribution is 6.28. The summed E-state index contributed by atoms with van der Waals surface area (Å²) < 4.78 is 5.37. The van der Waals surface area contributed by atoms with E-state index in [2.05, 4.69) is 26.3 Å². The first-order chi connectivity index (χ1) is 9.78. The Morgan fingerprint density at radius 3 is 2.95 bits per heavy atom. The fourth-order valence-electron chi connectivity index (χ4n) is 2.14. The minimum Gasteiger partial charge on any atom is -0.463 e. The summed E-state index contributed by atoms with van der Waals surface area (Å²) in [7, 11) is 0. The molecule has 1 N–H and O–H groups in total. The van der Waals surface area contributed by atoms with E-state index in [-0.39, 0.29) is 11.3 Å². The normalized spacial score (nSPS) is 14.8. The van der Waals surface area contributed by atoms with Crippen molar-refractivity contribution in [3.05, 3.63) is 16.9 Å². The first-order valence-electron chi connectivity index (χ1n) is 7.24. The minimum atomic E-state index is 0.158. The lowest BCUT2D eigenvalue weighted by molar-refractivity contribution is 0.291. The lowest BCUT2D eigenvalue weighted by Crippen LogP contribution is -2.09. The summed E-state index contributed by atoms with van der Waals surface area (Å²) in [6.45, 7) is 3.41. The zero-order valence-corrected chi connectivity index (χ0v) is 12.6. The smallest absolute Gasteiger partial charge is 0.322 e. The summed E-state index contributed by atoms with van der Waals surface area (Å²) in [6.07, 6.45) is 9.32. The SMILES string of the molecule is CCCOc1nc(Cl)nc(NCCC2=CCCCC2)n1. The number of hydrogen-bond acceptors (Lipinski definition) is 5. The number of hydrogen-bond donors (Lipinski definition) is 1. The van der Waals surface area contributed by atoms with E-state index >= 15 is 0 Å². The van der Waals surface area contributed by atoms with Crippen molar-refractivity contribution in [2.45, 2.75) is 45.4 Å². The average Bonchev–Trinajstić information content (AvgIpc) is 2.46. The second kappa shape index (κ2) is 8.04. The lowest BCUT2D eigenvalue weighted by atomic mass is 9.97. The van der Waals surface area contributed by atoms with Crippen molar-refractivity contribution in [3.8, 4) is 6.01 Å². The van der Waals surface area contributed by atoms with Crippen LogP contribution in [0.15, 0.2) is 11.6 Å². The van der Waals surface area contributed by atoms with Crippen molar-refractivity contribution in [2.24, 2.45) is 0 Å². The molecule has 5 nitrogen and oxygen atoms in total. The molecular weight excluding hydrogens is 276 g/mol. The van der Waals surface area contributed by atoms with Gasteiger partial charge < -0.3 is 10.1 Å². The lowest BCUT2D eigenvalue weighted by Gasteiger charge is -2.13. The third-order valence-electron chi connectivity index (χ3n) is 3.14. The van der Waals surface area contributed by atoms with Gasteiger partial charge >= 0.3 is 6.01 Å². The van der Waals surface area contributed by atoms with E-state index in [1.807, 2.05) is 6.92 Å². The number of anilines is 1. The molecule has 20 heavy (non-hydrogen) atoms. The molecular formula is C14H21ClN4O. The van der Waals surface area contributed by atoms with Crippen LogP contribution in [0, 0.1) is 0 Å². The molecule has 0 radical (unpaired) electrons. The zero-order valence-electron chi connectivity index (χ0n) is 11.9.